The standard InChI is InChI=1S/C48H55ClN14O9/c1-25(2)40(57-35(64)9-5-4-6-23-63-36(65)20-21-37(63)66)46(70)53-26(3)43(67)54-30-17-18-31(32(24-30)42-59-61-62-60-42)45(69)52-22-7-8-34(47(71)72)55-44(68)29-14-11-27(12-15-29)10-13-28-16-19-33-38(39(28)49)41(50)58-48(51)56-33/h11-12,14-21,24-26,34,40H,4-10,13,22-23H2,1-3H3,(H,52,69)(H,53,70)(H,54,67)(H,55,68)(H,57,64)(H,71,72)(H4,50,51,56,58)(H,59,60,61,62). The average Bonchev–Trinajstić information content (AvgIpc) is 4.00. The third kappa shape index (κ3) is 13.9. The SMILES string of the molecule is CC(NC(=O)C(NC(=O)CCCCCN1C(=O)C=CC1=O)C(C)C)C(=O)Nc1ccc(C(=O)NCCCC(NC(=O)c2ccc(CCc3ccc4nc(N)nc(N)c4c3Cl)cc2)C(=O)O)c(-c2nnn[nH]2)c1. The molecule has 2 aromatic heterocycles. The Morgan fingerprint density at radius 3 is 2.24 bits per heavy atom. The Morgan fingerprint density at radius 2 is 1.56 bits per heavy atom. The summed E-state index contributed by atoms with van der Waals surface area (Å²) in [5.41, 5.74) is 14.8. The number of H-pyrrole nitrogens is 1. The lowest BCUT2D eigenvalue weighted by Crippen LogP contribution is -2.53. The molecule has 0 radical (unpaired) electrons. The van der Waals surface area contributed by atoms with E-state index in [0.29, 0.717) is 48.0 Å². The Kier molecular flexibility index (Phi) is 18.0. The average molecular weight is 1010 g/mol. The highest BCUT2D eigenvalue weighted by Crippen LogP contribution is 2.31. The number of nitrogen functional groups attached to an aromatic ring is 2. The first-order valence-corrected chi connectivity index (χ1v) is 23.5. The van der Waals surface area contributed by atoms with Gasteiger partial charge in [-0.1, -0.05) is 50.1 Å². The fourth-order valence-corrected chi connectivity index (χ4v) is 8.09. The molecule has 11 N–H and O–H groups in total. The fourth-order valence-electron chi connectivity index (χ4n) is 7.74. The first-order chi connectivity index (χ1) is 34.4. The van der Waals surface area contributed by atoms with Crippen LogP contribution in [0.15, 0.2) is 66.7 Å². The summed E-state index contributed by atoms with van der Waals surface area (Å²) in [7, 11) is 0. The summed E-state index contributed by atoms with van der Waals surface area (Å²) in [5, 5.41) is 37.9. The number of carboxylic acids is 1. The number of carbonyl (C=O) groups excluding carboxylic acids is 7. The molecule has 7 amide bonds. The van der Waals surface area contributed by atoms with Gasteiger partial charge < -0.3 is 43.2 Å². The molecular weight excluding hydrogens is 952 g/mol. The summed E-state index contributed by atoms with van der Waals surface area (Å²) in [6.45, 7) is 5.26. The Morgan fingerprint density at radius 1 is 0.819 bits per heavy atom. The number of nitrogens with two attached hydrogens (primary N) is 2. The highest BCUT2D eigenvalue weighted by Gasteiger charge is 2.28. The molecule has 6 rings (SSSR count). The lowest BCUT2D eigenvalue weighted by Gasteiger charge is -2.24. The van der Waals surface area contributed by atoms with Crippen molar-refractivity contribution >= 4 is 87.3 Å². The van der Waals surface area contributed by atoms with E-state index in [1.807, 2.05) is 6.07 Å². The van der Waals surface area contributed by atoms with Crippen LogP contribution in [0.2, 0.25) is 5.02 Å². The number of imide groups is 1. The number of hydrogen-bond donors (Lipinski definition) is 9. The number of aliphatic carboxylic acids is 1. The van der Waals surface area contributed by atoms with Gasteiger partial charge in [0.2, 0.25) is 23.7 Å². The molecule has 23 nitrogen and oxygen atoms in total. The molecule has 0 bridgehead atoms. The van der Waals surface area contributed by atoms with Crippen LogP contribution in [0.5, 0.6) is 0 Å². The molecule has 3 aromatic carbocycles. The van der Waals surface area contributed by atoms with Gasteiger partial charge in [-0.3, -0.25) is 38.5 Å². The molecule has 3 unspecified atom stereocenters. The highest BCUT2D eigenvalue weighted by molar-refractivity contribution is 6.37. The number of anilines is 3. The van der Waals surface area contributed by atoms with Gasteiger partial charge in [-0.25, -0.2) is 14.9 Å². The molecule has 1 aliphatic heterocycles. The molecule has 0 saturated heterocycles. The minimum absolute atomic E-state index is 0.00985. The van der Waals surface area contributed by atoms with Crippen LogP contribution in [-0.2, 0) is 41.6 Å². The molecule has 0 spiro atoms. The predicted octanol–water partition coefficient (Wildman–Crippen LogP) is 2.88. The topological polar surface area (TPSA) is 352 Å². The number of nitrogens with zero attached hydrogens (tertiary/aromatic N) is 6. The molecule has 72 heavy (non-hydrogen) atoms. The van der Waals surface area contributed by atoms with Gasteiger partial charge in [-0.05, 0) is 109 Å². The van der Waals surface area contributed by atoms with Gasteiger partial charge >= 0.3 is 5.97 Å². The second kappa shape index (κ2) is 24.5. The maximum absolute atomic E-state index is 13.5. The largest absolute Gasteiger partial charge is 0.480 e. The zero-order valence-electron chi connectivity index (χ0n) is 39.7. The summed E-state index contributed by atoms with van der Waals surface area (Å²) in [5.74, 6) is -4.65. The lowest BCUT2D eigenvalue weighted by atomic mass is 10.0. The van der Waals surface area contributed by atoms with Crippen molar-refractivity contribution in [3.63, 3.8) is 0 Å². The Labute approximate surface area is 417 Å². The fraction of sp³-hybridized carbons (Fsp3) is 0.354. The number of unbranched alkanes of at least 4 members (excludes halogenated alkanes) is 2. The smallest absolute Gasteiger partial charge is 0.326 e. The molecule has 0 aliphatic carbocycles. The number of rotatable bonds is 24. The number of benzene rings is 3. The van der Waals surface area contributed by atoms with Gasteiger partial charge in [0.05, 0.1) is 21.5 Å². The number of hydrogen-bond acceptors (Lipinski definition) is 15. The molecule has 0 saturated carbocycles. The number of aryl methyl sites for hydroxylation is 2. The van der Waals surface area contributed by atoms with Crippen LogP contribution in [0.25, 0.3) is 22.3 Å². The van der Waals surface area contributed by atoms with Gasteiger partial charge in [0.1, 0.15) is 23.9 Å². The van der Waals surface area contributed by atoms with E-state index in [1.54, 1.807) is 44.2 Å². The van der Waals surface area contributed by atoms with Crippen molar-refractivity contribution < 1.29 is 43.5 Å². The number of amides is 7. The van der Waals surface area contributed by atoms with E-state index in [-0.39, 0.29) is 96.0 Å². The normalized spacial score (nSPS) is 13.4. The summed E-state index contributed by atoms with van der Waals surface area (Å²) in [6, 6.07) is 11.5. The van der Waals surface area contributed by atoms with Crippen molar-refractivity contribution in [1.29, 1.82) is 0 Å². The highest BCUT2D eigenvalue weighted by atomic mass is 35.5. The van der Waals surface area contributed by atoms with Crippen molar-refractivity contribution in [1.82, 2.24) is 56.8 Å². The Balaban J connectivity index is 0.958. The van der Waals surface area contributed by atoms with Crippen LogP contribution in [0.1, 0.15) is 91.1 Å². The van der Waals surface area contributed by atoms with Gasteiger partial charge in [0, 0.05) is 48.5 Å². The number of aromatic nitrogens is 6. The maximum atomic E-state index is 13.5. The third-order valence-electron chi connectivity index (χ3n) is 11.7. The third-order valence-corrected chi connectivity index (χ3v) is 12.2. The number of tetrazole rings is 1. The van der Waals surface area contributed by atoms with Crippen LogP contribution >= 0.6 is 11.6 Å². The summed E-state index contributed by atoms with van der Waals surface area (Å²) in [4.78, 5) is 111. The van der Waals surface area contributed by atoms with Gasteiger partial charge in [-0.2, -0.15) is 4.98 Å². The summed E-state index contributed by atoms with van der Waals surface area (Å²) >= 11 is 6.64. The molecule has 1 aliphatic rings. The zero-order chi connectivity index (χ0) is 52.1. The van der Waals surface area contributed by atoms with E-state index in [9.17, 15) is 43.5 Å². The van der Waals surface area contributed by atoms with Crippen LogP contribution in [0, 0.1) is 5.92 Å². The van der Waals surface area contributed by atoms with E-state index in [0.717, 1.165) is 16.0 Å². The van der Waals surface area contributed by atoms with E-state index < -0.39 is 47.7 Å². The van der Waals surface area contributed by atoms with E-state index in [2.05, 4.69) is 57.2 Å². The predicted molar refractivity (Wildman–Crippen MR) is 265 cm³/mol. The Hall–Kier alpha value is -8.34. The van der Waals surface area contributed by atoms with Crippen LogP contribution in [0.3, 0.4) is 0 Å². The molecular formula is C48H55ClN14O9. The Bertz CT molecular complexity index is 2860. The summed E-state index contributed by atoms with van der Waals surface area (Å²) in [6.07, 6.45) is 5.43. The molecule has 5 aromatic rings. The van der Waals surface area contributed by atoms with Crippen LogP contribution in [-0.4, -0.2) is 119 Å². The van der Waals surface area contributed by atoms with Crippen molar-refractivity contribution in [3.8, 4) is 11.4 Å². The zero-order valence-corrected chi connectivity index (χ0v) is 40.4. The quantitative estimate of drug-likeness (QED) is 0.0317. The number of nitrogens with one attached hydrogen (secondary N) is 6. The van der Waals surface area contributed by atoms with E-state index in [1.165, 1.54) is 37.3 Å². The number of aromatic amines is 1. The number of fused-ring (bicyclic) bond motifs is 1. The van der Waals surface area contributed by atoms with E-state index >= 15 is 0 Å². The summed E-state index contributed by atoms with van der Waals surface area (Å²) < 4.78 is 0. The van der Waals surface area contributed by atoms with Crippen molar-refractivity contribution in [2.24, 2.45) is 5.92 Å². The first kappa shape index (κ1) is 53.0. The molecule has 0 fully saturated rings. The van der Waals surface area contributed by atoms with Gasteiger partial charge in [-0.15, -0.1) is 5.10 Å². The minimum Gasteiger partial charge on any atom is -0.480 e. The first-order valence-electron chi connectivity index (χ1n) is 23.1. The van der Waals surface area contributed by atoms with Gasteiger partial charge in [0.15, 0.2) is 5.82 Å². The minimum atomic E-state index is -1.26. The molecule has 24 heteroatoms. The van der Waals surface area contributed by atoms with Crippen LogP contribution in [0.4, 0.5) is 17.5 Å². The monoisotopic (exact) mass is 1010 g/mol. The van der Waals surface area contributed by atoms with Crippen LogP contribution < -0.4 is 38.1 Å². The van der Waals surface area contributed by atoms with E-state index in [4.69, 9.17) is 23.1 Å². The molecule has 3 atom stereocenters. The second-order valence-electron chi connectivity index (χ2n) is 17.4. The molecule has 378 valence electrons. The number of halogens is 1. The maximum Gasteiger partial charge on any atom is 0.326 e. The number of carboxylic acid groups (broad SMARTS) is 1. The molecule has 3 heterocycles. The second-order valence-corrected chi connectivity index (χ2v) is 17.7. The number of carbonyl (C=O) groups is 8. The van der Waals surface area contributed by atoms with Crippen molar-refractivity contribution in [2.45, 2.75) is 90.3 Å². The van der Waals surface area contributed by atoms with Gasteiger partial charge in [0.25, 0.3) is 23.6 Å². The lowest BCUT2D eigenvalue weighted by molar-refractivity contribution is -0.139. The van der Waals surface area contributed by atoms with Crippen molar-refractivity contribution in [2.75, 3.05) is 29.9 Å². The van der Waals surface area contributed by atoms with Crippen molar-refractivity contribution in [3.05, 3.63) is 94.0 Å².